The van der Waals surface area contributed by atoms with Crippen LogP contribution in [0.5, 0.6) is 0 Å². The molecule has 3 aromatic carbocycles. The third kappa shape index (κ3) is 6.62. The number of hydrogen-bond acceptors (Lipinski definition) is 4. The zero-order valence-corrected chi connectivity index (χ0v) is 21.1. The Kier molecular flexibility index (Phi) is 8.21. The first-order valence-electron chi connectivity index (χ1n) is 10.8. The van der Waals surface area contributed by atoms with E-state index in [9.17, 15) is 13.2 Å². The molecule has 33 heavy (non-hydrogen) atoms. The normalized spacial score (nSPS) is 11.3. The van der Waals surface area contributed by atoms with E-state index in [1.807, 2.05) is 26.0 Å². The second-order valence-electron chi connectivity index (χ2n) is 8.13. The van der Waals surface area contributed by atoms with Crippen molar-refractivity contribution in [2.75, 3.05) is 17.0 Å². The number of benzene rings is 3. The second kappa shape index (κ2) is 10.9. The van der Waals surface area contributed by atoms with Gasteiger partial charge in [0.1, 0.15) is 0 Å². The van der Waals surface area contributed by atoms with E-state index in [0.717, 1.165) is 22.6 Å². The van der Waals surface area contributed by atoms with Crippen molar-refractivity contribution in [3.05, 3.63) is 94.0 Å². The topological polar surface area (TPSA) is 75.3 Å². The minimum Gasteiger partial charge on any atom is -0.351 e. The maximum Gasteiger partial charge on any atom is 0.262 e. The summed E-state index contributed by atoms with van der Waals surface area (Å²) in [6, 6.07) is 18.7. The van der Waals surface area contributed by atoms with Crippen molar-refractivity contribution in [1.29, 1.82) is 0 Å². The number of carbonyl (C=O) groups excluding carboxylic acids is 1. The molecule has 0 atom stereocenters. The van der Waals surface area contributed by atoms with E-state index in [0.29, 0.717) is 23.4 Å². The quantitative estimate of drug-likeness (QED) is 0.401. The maximum absolute atomic E-state index is 13.1. The molecule has 0 saturated heterocycles. The lowest BCUT2D eigenvalue weighted by atomic mass is 10.1. The third-order valence-electron chi connectivity index (χ3n) is 5.51. The van der Waals surface area contributed by atoms with Crippen molar-refractivity contribution >= 4 is 33.4 Å². The molecule has 0 aromatic heterocycles. The summed E-state index contributed by atoms with van der Waals surface area (Å²) < 4.78 is 28.8. The van der Waals surface area contributed by atoms with Crippen molar-refractivity contribution in [1.82, 2.24) is 5.32 Å². The fourth-order valence-electron chi connectivity index (χ4n) is 3.31. The summed E-state index contributed by atoms with van der Waals surface area (Å²) in [7, 11) is -3.84. The summed E-state index contributed by atoms with van der Waals surface area (Å²) in [5.41, 5.74) is 5.80. The number of anilines is 1. The highest BCUT2D eigenvalue weighted by Crippen LogP contribution is 2.24. The molecule has 1 amide bonds. The van der Waals surface area contributed by atoms with Gasteiger partial charge in [0.2, 0.25) is 0 Å². The van der Waals surface area contributed by atoms with Gasteiger partial charge in [0.25, 0.3) is 15.9 Å². The summed E-state index contributed by atoms with van der Waals surface area (Å²) in [5, 5.41) is 2.88. The highest BCUT2D eigenvalue weighted by atomic mass is 32.2. The van der Waals surface area contributed by atoms with Crippen molar-refractivity contribution < 1.29 is 13.2 Å². The highest BCUT2D eigenvalue weighted by molar-refractivity contribution is 7.98. The van der Waals surface area contributed by atoms with Gasteiger partial charge in [-0.2, -0.15) is 11.8 Å². The lowest BCUT2D eigenvalue weighted by Crippen LogP contribution is -2.26. The van der Waals surface area contributed by atoms with E-state index < -0.39 is 10.0 Å². The fraction of sp³-hybridized carbons (Fsp3) is 0.269. The standard InChI is InChI=1S/C26H30N2O3S2/c1-18-8-11-22(12-9-18)17-32-15-14-27-26(29)23-13-10-20(3)25(16-23)33(30,31)28-24-7-5-6-19(2)21(24)4/h5-13,16,28H,14-15,17H2,1-4H3,(H,27,29). The van der Waals surface area contributed by atoms with Crippen molar-refractivity contribution in [3.8, 4) is 0 Å². The van der Waals surface area contributed by atoms with Crippen molar-refractivity contribution in [2.24, 2.45) is 0 Å². The Morgan fingerprint density at radius 2 is 1.64 bits per heavy atom. The van der Waals surface area contributed by atoms with Crippen LogP contribution in [-0.2, 0) is 15.8 Å². The van der Waals surface area contributed by atoms with E-state index >= 15 is 0 Å². The van der Waals surface area contributed by atoms with Crippen LogP contribution in [0.2, 0.25) is 0 Å². The molecule has 0 bridgehead atoms. The van der Waals surface area contributed by atoms with Gasteiger partial charge in [-0.25, -0.2) is 8.42 Å². The zero-order chi connectivity index (χ0) is 24.0. The van der Waals surface area contributed by atoms with Crippen LogP contribution in [0.25, 0.3) is 0 Å². The van der Waals surface area contributed by atoms with Gasteiger partial charge in [-0.3, -0.25) is 9.52 Å². The number of rotatable bonds is 9. The first-order valence-corrected chi connectivity index (χ1v) is 13.4. The zero-order valence-electron chi connectivity index (χ0n) is 19.4. The summed E-state index contributed by atoms with van der Waals surface area (Å²) in [6.45, 7) is 8.10. The fourth-order valence-corrected chi connectivity index (χ4v) is 5.52. The van der Waals surface area contributed by atoms with Crippen molar-refractivity contribution in [2.45, 2.75) is 38.3 Å². The number of aryl methyl sites for hydroxylation is 3. The lowest BCUT2D eigenvalue weighted by molar-refractivity contribution is 0.0956. The van der Waals surface area contributed by atoms with Gasteiger partial charge in [0.15, 0.2) is 0 Å². The second-order valence-corrected chi connectivity index (χ2v) is 10.9. The molecule has 0 radical (unpaired) electrons. The molecule has 0 aliphatic rings. The summed E-state index contributed by atoms with van der Waals surface area (Å²) in [5.74, 6) is 1.37. The third-order valence-corrected chi connectivity index (χ3v) is 8.05. The van der Waals surface area contributed by atoms with Crippen molar-refractivity contribution in [3.63, 3.8) is 0 Å². The minimum atomic E-state index is -3.84. The molecule has 0 unspecified atom stereocenters. The Balaban J connectivity index is 1.62. The highest BCUT2D eigenvalue weighted by Gasteiger charge is 2.20. The van der Waals surface area contributed by atoms with Gasteiger partial charge in [-0.15, -0.1) is 0 Å². The smallest absolute Gasteiger partial charge is 0.262 e. The summed E-state index contributed by atoms with van der Waals surface area (Å²) in [4.78, 5) is 12.7. The average Bonchev–Trinajstić information content (AvgIpc) is 2.78. The molecule has 0 heterocycles. The number of thioether (sulfide) groups is 1. The first-order chi connectivity index (χ1) is 15.7. The number of carbonyl (C=O) groups is 1. The van der Waals surface area contributed by atoms with Crippen LogP contribution in [0.15, 0.2) is 65.6 Å². The first kappa shape index (κ1) is 24.9. The number of amides is 1. The van der Waals surface area contributed by atoms with Gasteiger partial charge >= 0.3 is 0 Å². The summed E-state index contributed by atoms with van der Waals surface area (Å²) >= 11 is 1.74. The molecule has 3 rings (SSSR count). The molecule has 7 heteroatoms. The van der Waals surface area contributed by atoms with E-state index in [4.69, 9.17) is 0 Å². The predicted molar refractivity (Wildman–Crippen MR) is 138 cm³/mol. The Bertz CT molecular complexity index is 1240. The molecule has 0 fully saturated rings. The predicted octanol–water partition coefficient (Wildman–Crippen LogP) is 5.38. The largest absolute Gasteiger partial charge is 0.351 e. The van der Waals surface area contributed by atoms with Crippen LogP contribution in [0.3, 0.4) is 0 Å². The lowest BCUT2D eigenvalue weighted by Gasteiger charge is -2.14. The Morgan fingerprint density at radius 1 is 0.909 bits per heavy atom. The van der Waals surface area contributed by atoms with E-state index in [1.54, 1.807) is 36.9 Å². The molecule has 0 aliphatic carbocycles. The molecular weight excluding hydrogens is 452 g/mol. The van der Waals surface area contributed by atoms with Gasteiger partial charge < -0.3 is 5.32 Å². The van der Waals surface area contributed by atoms with E-state index in [1.165, 1.54) is 17.2 Å². The van der Waals surface area contributed by atoms with Crippen LogP contribution in [0.1, 0.15) is 38.2 Å². The monoisotopic (exact) mass is 482 g/mol. The molecule has 174 valence electrons. The van der Waals surface area contributed by atoms with E-state index in [2.05, 4.69) is 41.2 Å². The van der Waals surface area contributed by atoms with E-state index in [-0.39, 0.29) is 10.8 Å². The Morgan fingerprint density at radius 3 is 2.36 bits per heavy atom. The molecule has 5 nitrogen and oxygen atoms in total. The van der Waals surface area contributed by atoms with Gasteiger partial charge in [-0.05, 0) is 68.1 Å². The number of nitrogens with one attached hydrogen (secondary N) is 2. The molecule has 0 aliphatic heterocycles. The summed E-state index contributed by atoms with van der Waals surface area (Å²) in [6.07, 6.45) is 0. The number of hydrogen-bond donors (Lipinski definition) is 2. The van der Waals surface area contributed by atoms with Crippen LogP contribution in [0, 0.1) is 27.7 Å². The maximum atomic E-state index is 13.1. The number of sulfonamides is 1. The van der Waals surface area contributed by atoms with Crippen LogP contribution in [-0.4, -0.2) is 26.6 Å². The van der Waals surface area contributed by atoms with Gasteiger partial charge in [0.05, 0.1) is 10.6 Å². The SMILES string of the molecule is Cc1ccc(CSCCNC(=O)c2ccc(C)c(S(=O)(=O)Nc3cccc(C)c3C)c2)cc1. The molecule has 2 N–H and O–H groups in total. The molecule has 3 aromatic rings. The molecular formula is C26H30N2O3S2. The minimum absolute atomic E-state index is 0.102. The Labute approximate surface area is 201 Å². The average molecular weight is 483 g/mol. The Hall–Kier alpha value is -2.77. The molecule has 0 saturated carbocycles. The van der Waals surface area contributed by atoms with Crippen LogP contribution >= 0.6 is 11.8 Å². The van der Waals surface area contributed by atoms with Crippen LogP contribution < -0.4 is 10.0 Å². The van der Waals surface area contributed by atoms with Crippen LogP contribution in [0.4, 0.5) is 5.69 Å². The molecule has 0 spiro atoms. The van der Waals surface area contributed by atoms with Gasteiger partial charge in [-0.1, -0.05) is 48.0 Å². The van der Waals surface area contributed by atoms with Gasteiger partial charge in [0, 0.05) is 23.6 Å².